The van der Waals surface area contributed by atoms with E-state index in [0.29, 0.717) is 22.4 Å². The fraction of sp³-hybridized carbons (Fsp3) is 0.278. The highest BCUT2D eigenvalue weighted by Gasteiger charge is 2.31. The lowest BCUT2D eigenvalue weighted by Crippen LogP contribution is -2.31. The predicted molar refractivity (Wildman–Crippen MR) is 106 cm³/mol. The molecular weight excluding hydrogens is 372 g/mol. The molecule has 1 aliphatic heterocycles. The van der Waals surface area contributed by atoms with Gasteiger partial charge in [0.2, 0.25) is 0 Å². The largest absolute Gasteiger partial charge is 0.468 e. The van der Waals surface area contributed by atoms with Crippen LogP contribution < -0.4 is 0 Å². The Balaban J connectivity index is 1.96. The number of benzene rings is 1. The summed E-state index contributed by atoms with van der Waals surface area (Å²) in [5, 5.41) is 0.957. The normalized spacial score (nSPS) is 16.1. The second kappa shape index (κ2) is 8.03. The van der Waals surface area contributed by atoms with Crippen molar-refractivity contribution < 1.29 is 19.1 Å². The fourth-order valence-corrected chi connectivity index (χ4v) is 4.04. The van der Waals surface area contributed by atoms with Gasteiger partial charge in [-0.2, -0.15) is 0 Å². The average molecular weight is 390 g/mol. The Labute approximate surface area is 160 Å². The SMILES string of the molecule is COCCN1C(=O)/C(=C/c2cn(CC(=O)OC)c3ccccc23)SC1=S. The first-order chi connectivity index (χ1) is 12.5. The maximum atomic E-state index is 12.6. The zero-order valence-corrected chi connectivity index (χ0v) is 16.1. The lowest BCUT2D eigenvalue weighted by atomic mass is 10.1. The zero-order chi connectivity index (χ0) is 18.7. The summed E-state index contributed by atoms with van der Waals surface area (Å²) in [5.41, 5.74) is 1.76. The molecule has 8 heteroatoms. The van der Waals surface area contributed by atoms with Gasteiger partial charge in [0.05, 0.1) is 25.2 Å². The quantitative estimate of drug-likeness (QED) is 0.429. The molecule has 1 aromatic heterocycles. The summed E-state index contributed by atoms with van der Waals surface area (Å²) in [6, 6.07) is 7.72. The molecule has 0 N–H and O–H groups in total. The molecule has 26 heavy (non-hydrogen) atoms. The zero-order valence-electron chi connectivity index (χ0n) is 14.4. The van der Waals surface area contributed by atoms with Gasteiger partial charge in [0.15, 0.2) is 0 Å². The molecule has 0 spiro atoms. The molecule has 1 aromatic carbocycles. The van der Waals surface area contributed by atoms with Gasteiger partial charge >= 0.3 is 5.97 Å². The lowest BCUT2D eigenvalue weighted by molar-refractivity contribution is -0.141. The van der Waals surface area contributed by atoms with Crippen molar-refractivity contribution in [2.24, 2.45) is 0 Å². The molecule has 1 amide bonds. The third kappa shape index (κ3) is 3.67. The molecule has 0 saturated carbocycles. The number of rotatable bonds is 6. The number of carbonyl (C=O) groups is 2. The van der Waals surface area contributed by atoms with E-state index in [0.717, 1.165) is 16.5 Å². The Bertz CT molecular complexity index is 904. The van der Waals surface area contributed by atoms with Crippen molar-refractivity contribution in [1.29, 1.82) is 0 Å². The van der Waals surface area contributed by atoms with Crippen LogP contribution in [0.25, 0.3) is 17.0 Å². The molecule has 2 aromatic rings. The highest BCUT2D eigenvalue weighted by Crippen LogP contribution is 2.34. The molecule has 0 radical (unpaired) electrons. The van der Waals surface area contributed by atoms with Crippen LogP contribution in [0.1, 0.15) is 5.56 Å². The monoisotopic (exact) mass is 390 g/mol. The minimum absolute atomic E-state index is 0.111. The van der Waals surface area contributed by atoms with Gasteiger partial charge in [0.1, 0.15) is 10.9 Å². The van der Waals surface area contributed by atoms with Crippen molar-refractivity contribution in [3.05, 3.63) is 40.9 Å². The lowest BCUT2D eigenvalue weighted by Gasteiger charge is -2.12. The van der Waals surface area contributed by atoms with Crippen LogP contribution in [0.4, 0.5) is 0 Å². The number of fused-ring (bicyclic) bond motifs is 1. The number of esters is 1. The van der Waals surface area contributed by atoms with Gasteiger partial charge < -0.3 is 14.0 Å². The van der Waals surface area contributed by atoms with Crippen molar-refractivity contribution in [3.63, 3.8) is 0 Å². The van der Waals surface area contributed by atoms with E-state index < -0.39 is 0 Å². The van der Waals surface area contributed by atoms with E-state index in [1.807, 2.05) is 41.1 Å². The molecule has 0 atom stereocenters. The first kappa shape index (κ1) is 18.6. The Morgan fingerprint density at radius 3 is 2.81 bits per heavy atom. The van der Waals surface area contributed by atoms with Gasteiger partial charge in [-0.25, -0.2) is 0 Å². The number of hydrogen-bond donors (Lipinski definition) is 0. The summed E-state index contributed by atoms with van der Waals surface area (Å²) in [5.74, 6) is -0.454. The summed E-state index contributed by atoms with van der Waals surface area (Å²) in [6.07, 6.45) is 3.67. The molecule has 1 aliphatic rings. The first-order valence-electron chi connectivity index (χ1n) is 7.94. The molecule has 0 aliphatic carbocycles. The molecule has 3 rings (SSSR count). The second-order valence-corrected chi connectivity index (χ2v) is 7.31. The van der Waals surface area contributed by atoms with Crippen LogP contribution in [-0.2, 0) is 25.6 Å². The minimum Gasteiger partial charge on any atom is -0.468 e. The van der Waals surface area contributed by atoms with Crippen molar-refractivity contribution in [3.8, 4) is 0 Å². The summed E-state index contributed by atoms with van der Waals surface area (Å²) in [6.45, 7) is 0.973. The topological polar surface area (TPSA) is 60.8 Å². The predicted octanol–water partition coefficient (Wildman–Crippen LogP) is 2.66. The van der Waals surface area contributed by atoms with Crippen LogP contribution in [0, 0.1) is 0 Å². The molecule has 1 saturated heterocycles. The summed E-state index contributed by atoms with van der Waals surface area (Å²) < 4.78 is 12.1. The van der Waals surface area contributed by atoms with Gasteiger partial charge in [-0.15, -0.1) is 0 Å². The maximum Gasteiger partial charge on any atom is 0.325 e. The minimum atomic E-state index is -0.330. The summed E-state index contributed by atoms with van der Waals surface area (Å²) >= 11 is 6.58. The maximum absolute atomic E-state index is 12.6. The van der Waals surface area contributed by atoms with Crippen molar-refractivity contribution >= 4 is 57.2 Å². The van der Waals surface area contributed by atoms with Crippen LogP contribution in [0.3, 0.4) is 0 Å². The van der Waals surface area contributed by atoms with Crippen molar-refractivity contribution in [1.82, 2.24) is 9.47 Å². The van der Waals surface area contributed by atoms with E-state index in [4.69, 9.17) is 21.7 Å². The molecule has 2 heterocycles. The Kier molecular flexibility index (Phi) is 5.75. The standard InChI is InChI=1S/C18H18N2O4S2/c1-23-8-7-20-17(22)15(26-18(20)25)9-12-10-19(11-16(21)24-2)14-6-4-3-5-13(12)14/h3-6,9-10H,7-8,11H2,1-2H3/b15-9-. The van der Waals surface area contributed by atoms with Gasteiger partial charge in [-0.3, -0.25) is 14.5 Å². The number of para-hydroxylation sites is 1. The number of thioether (sulfide) groups is 1. The third-order valence-corrected chi connectivity index (χ3v) is 5.40. The number of ether oxygens (including phenoxy) is 2. The smallest absolute Gasteiger partial charge is 0.325 e. The molecule has 0 unspecified atom stereocenters. The van der Waals surface area contributed by atoms with Gasteiger partial charge in [0, 0.05) is 29.8 Å². The second-order valence-electron chi connectivity index (χ2n) is 5.63. The Hall–Kier alpha value is -2.16. The fourth-order valence-electron chi connectivity index (χ4n) is 2.74. The number of amides is 1. The molecule has 0 bridgehead atoms. The van der Waals surface area contributed by atoms with E-state index in [9.17, 15) is 9.59 Å². The van der Waals surface area contributed by atoms with E-state index in [1.54, 1.807) is 12.0 Å². The Morgan fingerprint density at radius 2 is 2.08 bits per heavy atom. The van der Waals surface area contributed by atoms with Crippen LogP contribution in [-0.4, -0.2) is 53.0 Å². The van der Waals surface area contributed by atoms with Crippen LogP contribution in [0.5, 0.6) is 0 Å². The highest BCUT2D eigenvalue weighted by atomic mass is 32.2. The van der Waals surface area contributed by atoms with Crippen molar-refractivity contribution in [2.75, 3.05) is 27.4 Å². The van der Waals surface area contributed by atoms with E-state index in [-0.39, 0.29) is 18.4 Å². The van der Waals surface area contributed by atoms with E-state index >= 15 is 0 Å². The molecule has 136 valence electrons. The molecule has 1 fully saturated rings. The van der Waals surface area contributed by atoms with Gasteiger partial charge in [0.25, 0.3) is 5.91 Å². The highest BCUT2D eigenvalue weighted by molar-refractivity contribution is 8.26. The number of hydrogen-bond acceptors (Lipinski definition) is 6. The van der Waals surface area contributed by atoms with Crippen LogP contribution in [0.2, 0.25) is 0 Å². The Morgan fingerprint density at radius 1 is 1.31 bits per heavy atom. The summed E-state index contributed by atoms with van der Waals surface area (Å²) in [4.78, 5) is 26.4. The van der Waals surface area contributed by atoms with E-state index in [2.05, 4.69) is 0 Å². The number of carbonyl (C=O) groups excluding carboxylic acids is 2. The van der Waals surface area contributed by atoms with Crippen molar-refractivity contribution in [2.45, 2.75) is 6.54 Å². The molecular formula is C18H18N2O4S2. The number of aromatic nitrogens is 1. The average Bonchev–Trinajstić information content (AvgIpc) is 3.11. The van der Waals surface area contributed by atoms with Gasteiger partial charge in [-0.05, 0) is 12.1 Å². The molecule has 6 nitrogen and oxygen atoms in total. The number of methoxy groups -OCH3 is 2. The van der Waals surface area contributed by atoms with Gasteiger partial charge in [-0.1, -0.05) is 42.2 Å². The van der Waals surface area contributed by atoms with Crippen LogP contribution >= 0.6 is 24.0 Å². The number of nitrogens with zero attached hydrogens (tertiary/aromatic N) is 2. The third-order valence-electron chi connectivity index (χ3n) is 4.03. The van der Waals surface area contributed by atoms with E-state index in [1.165, 1.54) is 18.9 Å². The van der Waals surface area contributed by atoms with Crippen LogP contribution in [0.15, 0.2) is 35.4 Å². The first-order valence-corrected chi connectivity index (χ1v) is 9.16. The summed E-state index contributed by atoms with van der Waals surface area (Å²) in [7, 11) is 2.95. The number of thiocarbonyl (C=S) groups is 1.